The third kappa shape index (κ3) is 4.50. The van der Waals surface area contributed by atoms with Crippen LogP contribution in [0.15, 0.2) is 107 Å². The number of fused-ring (bicyclic) bond motifs is 1. The Hall–Kier alpha value is -4.39. The van der Waals surface area contributed by atoms with E-state index in [0.29, 0.717) is 21.4 Å². The lowest BCUT2D eigenvalue weighted by Crippen LogP contribution is -2.73. The van der Waals surface area contributed by atoms with Crippen molar-refractivity contribution in [3.05, 3.63) is 129 Å². The number of allylic oxidation sites excluding steroid dienone is 1. The molecule has 3 heterocycles. The normalized spacial score (nSPS) is 22.2. The van der Waals surface area contributed by atoms with E-state index in [9.17, 15) is 9.59 Å². The van der Waals surface area contributed by atoms with Gasteiger partial charge in [0.05, 0.1) is 39.3 Å². The number of carbonyl (C=O) groups excluding carboxylic acids is 2. The van der Waals surface area contributed by atoms with Crippen LogP contribution < -0.4 is 14.7 Å². The first-order chi connectivity index (χ1) is 21.8. The number of amides is 2. The van der Waals surface area contributed by atoms with E-state index >= 15 is 0 Å². The summed E-state index contributed by atoms with van der Waals surface area (Å²) < 4.78 is 0. The van der Waals surface area contributed by atoms with Crippen molar-refractivity contribution in [1.29, 1.82) is 0 Å². The molecule has 0 bridgehead atoms. The Morgan fingerprint density at radius 3 is 1.85 bits per heavy atom. The molecule has 2 fully saturated rings. The molecule has 8 heteroatoms. The number of hydrogen-bond donors (Lipinski definition) is 0. The zero-order chi connectivity index (χ0) is 32.7. The van der Waals surface area contributed by atoms with Gasteiger partial charge < -0.3 is 4.90 Å². The molecule has 0 aromatic heterocycles. The number of anilines is 3. The van der Waals surface area contributed by atoms with Gasteiger partial charge >= 0.3 is 0 Å². The van der Waals surface area contributed by atoms with E-state index in [1.807, 2.05) is 137 Å². The summed E-state index contributed by atoms with van der Waals surface area (Å²) >= 11 is 12.9. The summed E-state index contributed by atoms with van der Waals surface area (Å²) in [6.45, 7) is 11.9. The van der Waals surface area contributed by atoms with Crippen molar-refractivity contribution in [2.45, 2.75) is 47.7 Å². The molecule has 46 heavy (non-hydrogen) atoms. The zero-order valence-electron chi connectivity index (χ0n) is 26.6. The number of benzene rings is 4. The fraction of sp³-hybridized carbons (Fsp3) is 0.237. The Kier molecular flexibility index (Phi) is 6.96. The van der Waals surface area contributed by atoms with Crippen LogP contribution >= 0.6 is 23.2 Å². The van der Waals surface area contributed by atoms with Crippen molar-refractivity contribution in [3.63, 3.8) is 0 Å². The Bertz CT molecular complexity index is 1980. The van der Waals surface area contributed by atoms with Crippen LogP contribution in [0.2, 0.25) is 10.0 Å². The highest BCUT2D eigenvalue weighted by atomic mass is 35.5. The fourth-order valence-corrected chi connectivity index (χ4v) is 7.05. The summed E-state index contributed by atoms with van der Waals surface area (Å²) in [5.41, 5.74) is 6.80. The molecule has 4 aromatic carbocycles. The summed E-state index contributed by atoms with van der Waals surface area (Å²) in [6, 6.07) is 29.1. The van der Waals surface area contributed by atoms with Gasteiger partial charge in [-0.25, -0.2) is 4.99 Å². The lowest BCUT2D eigenvalue weighted by atomic mass is 9.74. The molecule has 4 aromatic rings. The Morgan fingerprint density at radius 2 is 1.24 bits per heavy atom. The summed E-state index contributed by atoms with van der Waals surface area (Å²) in [4.78, 5) is 38.9. The molecule has 232 valence electrons. The highest BCUT2D eigenvalue weighted by Gasteiger charge is 2.62. The molecule has 0 saturated carbocycles. The van der Waals surface area contributed by atoms with Gasteiger partial charge in [-0.15, -0.1) is 0 Å². The van der Waals surface area contributed by atoms with Crippen molar-refractivity contribution in [1.82, 2.24) is 0 Å². The van der Waals surface area contributed by atoms with Crippen LogP contribution in [0.25, 0.3) is 0 Å². The van der Waals surface area contributed by atoms with Crippen molar-refractivity contribution in [3.8, 4) is 0 Å². The van der Waals surface area contributed by atoms with Crippen LogP contribution in [0, 0.1) is 24.7 Å². The van der Waals surface area contributed by atoms with E-state index in [0.717, 1.165) is 45.1 Å². The van der Waals surface area contributed by atoms with Crippen molar-refractivity contribution >= 4 is 63.5 Å². The molecule has 7 rings (SSSR count). The third-order valence-electron chi connectivity index (χ3n) is 9.29. The molecule has 1 unspecified atom stereocenters. The number of halogens is 2. The highest BCUT2D eigenvalue weighted by Crippen LogP contribution is 2.55. The second-order valence-electron chi connectivity index (χ2n) is 13.4. The summed E-state index contributed by atoms with van der Waals surface area (Å²) in [5, 5.41) is 1.17. The van der Waals surface area contributed by atoms with Crippen LogP contribution in [0.5, 0.6) is 0 Å². The number of aliphatic imine (C=N–C) groups is 1. The number of β-lactam (4-membered cyclic amide) rings is 2. The van der Waals surface area contributed by atoms with Crippen molar-refractivity contribution in [2.75, 3.05) is 14.7 Å². The molecule has 0 N–H and O–H groups in total. The minimum atomic E-state index is -0.850. The van der Waals surface area contributed by atoms with Crippen LogP contribution in [0.4, 0.5) is 22.7 Å². The third-order valence-corrected chi connectivity index (χ3v) is 9.78. The Morgan fingerprint density at radius 1 is 0.674 bits per heavy atom. The van der Waals surface area contributed by atoms with Gasteiger partial charge in [-0.3, -0.25) is 19.4 Å². The first-order valence-electron chi connectivity index (χ1n) is 15.3. The predicted octanol–water partition coefficient (Wildman–Crippen LogP) is 9.23. The van der Waals surface area contributed by atoms with Gasteiger partial charge in [0.1, 0.15) is 6.17 Å². The van der Waals surface area contributed by atoms with Gasteiger partial charge in [-0.2, -0.15) is 0 Å². The van der Waals surface area contributed by atoms with E-state index in [-0.39, 0.29) is 11.8 Å². The number of hydrogen-bond acceptors (Lipinski definition) is 4. The summed E-state index contributed by atoms with van der Waals surface area (Å²) in [5.74, 6) is 0.00150. The molecule has 3 aliphatic rings. The van der Waals surface area contributed by atoms with E-state index in [4.69, 9.17) is 28.2 Å². The molecule has 6 nitrogen and oxygen atoms in total. The zero-order valence-corrected chi connectivity index (χ0v) is 28.1. The standard InChI is InChI=1S/C38H34Cl2N4O2/c1-22-7-16-27(17-8-22)42-33(37(3,4)35(42)45)32-31(41-26-14-11-24(39)12-15-26)29-21-25(40)13-20-30(29)44(32)34-38(5,6)36(46)43(34)28-18-9-23(2)10-19-28/h7-21,34H,1-6H3/b33-32+,41-31?. The second kappa shape index (κ2) is 10.6. The van der Waals surface area contributed by atoms with Gasteiger partial charge in [0.25, 0.3) is 0 Å². The second-order valence-corrected chi connectivity index (χ2v) is 14.2. The van der Waals surface area contributed by atoms with Gasteiger partial charge in [0.15, 0.2) is 0 Å². The molecule has 0 spiro atoms. The minimum absolute atomic E-state index is 0.0158. The lowest BCUT2D eigenvalue weighted by Gasteiger charge is -2.58. The first-order valence-corrected chi connectivity index (χ1v) is 16.1. The minimum Gasteiger partial charge on any atom is -0.315 e. The Labute approximate surface area is 279 Å². The average Bonchev–Trinajstić information content (AvgIpc) is 3.31. The molecule has 1 atom stereocenters. The number of carbonyl (C=O) groups is 2. The van der Waals surface area contributed by atoms with Crippen LogP contribution in [-0.4, -0.2) is 23.7 Å². The summed E-state index contributed by atoms with van der Waals surface area (Å²) in [6.07, 6.45) is -0.422. The van der Waals surface area contributed by atoms with Gasteiger partial charge in [-0.1, -0.05) is 58.6 Å². The quantitative estimate of drug-likeness (QED) is 0.207. The predicted molar refractivity (Wildman–Crippen MR) is 187 cm³/mol. The van der Waals surface area contributed by atoms with Crippen LogP contribution in [0.3, 0.4) is 0 Å². The molecular formula is C38H34Cl2N4O2. The monoisotopic (exact) mass is 648 g/mol. The molecular weight excluding hydrogens is 615 g/mol. The first kappa shape index (κ1) is 30.3. The maximum atomic E-state index is 14.0. The molecule has 2 amide bonds. The molecule has 0 aliphatic carbocycles. The molecule has 3 aliphatic heterocycles. The summed E-state index contributed by atoms with van der Waals surface area (Å²) in [7, 11) is 0. The average molecular weight is 650 g/mol. The van der Waals surface area contributed by atoms with Gasteiger partial charge in [-0.05, 0) is 108 Å². The van der Waals surface area contributed by atoms with E-state index in [1.165, 1.54) is 0 Å². The number of rotatable bonds is 4. The van der Waals surface area contributed by atoms with Gasteiger partial charge in [0, 0.05) is 27.0 Å². The van der Waals surface area contributed by atoms with E-state index in [1.54, 1.807) is 4.90 Å². The van der Waals surface area contributed by atoms with Crippen molar-refractivity contribution < 1.29 is 9.59 Å². The highest BCUT2D eigenvalue weighted by molar-refractivity contribution is 6.33. The largest absolute Gasteiger partial charge is 0.315 e. The lowest BCUT2D eigenvalue weighted by molar-refractivity contribution is -0.137. The topological polar surface area (TPSA) is 56.2 Å². The van der Waals surface area contributed by atoms with E-state index < -0.39 is 17.0 Å². The molecule has 0 radical (unpaired) electrons. The fourth-order valence-electron chi connectivity index (χ4n) is 6.75. The maximum absolute atomic E-state index is 14.0. The van der Waals surface area contributed by atoms with Crippen LogP contribution in [-0.2, 0) is 9.59 Å². The molecule has 2 saturated heterocycles. The smallest absolute Gasteiger partial charge is 0.243 e. The Balaban J connectivity index is 1.54. The van der Waals surface area contributed by atoms with Crippen molar-refractivity contribution in [2.24, 2.45) is 15.8 Å². The number of nitrogens with zero attached hydrogens (tertiary/aromatic N) is 4. The SMILES string of the molecule is Cc1ccc(N2C(=O)C(C)(C)/C2=C2/C(=Nc3ccc(Cl)cc3)c3cc(Cl)ccc3N2C2N(c3ccc(C)cc3)C(=O)C2(C)C)cc1. The maximum Gasteiger partial charge on any atom is 0.243 e. The van der Waals surface area contributed by atoms with E-state index in [2.05, 4.69) is 4.90 Å². The van der Waals surface area contributed by atoms with Crippen LogP contribution in [0.1, 0.15) is 44.4 Å². The number of aryl methyl sites for hydroxylation is 2. The van der Waals surface area contributed by atoms with Gasteiger partial charge in [0.2, 0.25) is 11.8 Å².